The van der Waals surface area contributed by atoms with Crippen molar-refractivity contribution in [2.75, 3.05) is 34.0 Å². The molecule has 2 N–H and O–H groups in total. The van der Waals surface area contributed by atoms with E-state index in [1.54, 1.807) is 20.3 Å². The number of carbonyl (C=O) groups excluding carboxylic acids is 2. The molecule has 2 aliphatic rings. The molecule has 38 heavy (non-hydrogen) atoms. The van der Waals surface area contributed by atoms with Gasteiger partial charge in [-0.3, -0.25) is 9.59 Å². The number of halogens is 1. The van der Waals surface area contributed by atoms with Crippen LogP contribution in [0.15, 0.2) is 53.0 Å². The number of benzene rings is 1. The van der Waals surface area contributed by atoms with E-state index in [0.29, 0.717) is 72.0 Å². The molecule has 1 aromatic heterocycles. The number of nitrogens with zero attached hydrogens (tertiary/aromatic N) is 3. The molecule has 1 aromatic carbocycles. The molecule has 11 heteroatoms. The van der Waals surface area contributed by atoms with Gasteiger partial charge in [0.15, 0.2) is 5.82 Å². The van der Waals surface area contributed by atoms with E-state index in [1.165, 1.54) is 6.33 Å². The van der Waals surface area contributed by atoms with E-state index in [0.717, 1.165) is 6.42 Å². The molecule has 10 nitrogen and oxygen atoms in total. The number of aromatic nitrogens is 2. The van der Waals surface area contributed by atoms with Crippen molar-refractivity contribution in [1.82, 2.24) is 20.6 Å². The third-order valence-corrected chi connectivity index (χ3v) is 6.77. The fraction of sp³-hybridized carbons (Fsp3) is 0.444. The summed E-state index contributed by atoms with van der Waals surface area (Å²) in [4.78, 5) is 38.7. The maximum Gasteiger partial charge on any atom is 0.223 e. The number of aliphatic imine (C=N–C) groups is 1. The predicted octanol–water partition coefficient (Wildman–Crippen LogP) is 3.58. The van der Waals surface area contributed by atoms with Crippen LogP contribution in [0.4, 0.5) is 5.82 Å². The van der Waals surface area contributed by atoms with E-state index in [1.807, 2.05) is 24.3 Å². The molecule has 0 fully saturated rings. The number of allylic oxidation sites excluding steroid dienone is 2. The van der Waals surface area contributed by atoms with Gasteiger partial charge in [0.2, 0.25) is 11.8 Å². The molecule has 2 unspecified atom stereocenters. The van der Waals surface area contributed by atoms with Crippen molar-refractivity contribution in [3.05, 3.63) is 48.0 Å². The first kappa shape index (κ1) is 27.5. The number of amides is 2. The van der Waals surface area contributed by atoms with Gasteiger partial charge in [0.1, 0.15) is 23.3 Å². The predicted molar refractivity (Wildman–Crippen MR) is 145 cm³/mol. The topological polar surface area (TPSA) is 124 Å². The third kappa shape index (κ3) is 7.29. The van der Waals surface area contributed by atoms with Gasteiger partial charge in [-0.1, -0.05) is 17.7 Å². The van der Waals surface area contributed by atoms with Gasteiger partial charge >= 0.3 is 0 Å². The molecule has 0 saturated heterocycles. The average Bonchev–Trinajstić information content (AvgIpc) is 2.91. The Bertz CT molecular complexity index is 1260. The number of carbonyl (C=O) groups is 2. The molecule has 202 valence electrons. The quantitative estimate of drug-likeness (QED) is 0.448. The number of fused-ring (bicyclic) bond motifs is 2. The maximum atomic E-state index is 12.6. The highest BCUT2D eigenvalue weighted by atomic mass is 35.5. The second-order valence-electron chi connectivity index (χ2n) is 9.07. The van der Waals surface area contributed by atoms with Crippen LogP contribution < -0.4 is 15.4 Å². The second kappa shape index (κ2) is 13.3. The molecule has 4 rings (SSSR count). The van der Waals surface area contributed by atoms with Gasteiger partial charge in [0, 0.05) is 56.6 Å². The summed E-state index contributed by atoms with van der Waals surface area (Å²) in [5.41, 5.74) is 1.02. The Balaban J connectivity index is 1.69. The minimum atomic E-state index is -0.834. The highest BCUT2D eigenvalue weighted by Gasteiger charge is 2.23. The fourth-order valence-electron chi connectivity index (χ4n) is 4.31. The molecule has 1 aliphatic heterocycles. The lowest BCUT2D eigenvalue weighted by Crippen LogP contribution is -2.37. The SMILES string of the molecule is COCCC1CCOc2ccc3ncnc(c3c2)/N=C2/C=C(OC)CC=C2C(Cl)NC(=O)CCNC(=O)C1. The highest BCUT2D eigenvalue weighted by molar-refractivity contribution is 6.28. The van der Waals surface area contributed by atoms with Crippen molar-refractivity contribution in [1.29, 1.82) is 0 Å². The lowest BCUT2D eigenvalue weighted by Gasteiger charge is -2.20. The first-order chi connectivity index (χ1) is 18.5. The lowest BCUT2D eigenvalue weighted by atomic mass is 9.98. The number of nitrogens with one attached hydrogen (secondary N) is 2. The van der Waals surface area contributed by atoms with Crippen LogP contribution in [0.3, 0.4) is 0 Å². The molecular formula is C27H32ClN5O5. The largest absolute Gasteiger partial charge is 0.501 e. The highest BCUT2D eigenvalue weighted by Crippen LogP contribution is 2.29. The summed E-state index contributed by atoms with van der Waals surface area (Å²) in [6, 6.07) is 5.56. The van der Waals surface area contributed by atoms with Crippen LogP contribution in [-0.4, -0.2) is 67.0 Å². The number of hydrogen-bond acceptors (Lipinski definition) is 8. The number of ether oxygens (including phenoxy) is 3. The molecule has 0 saturated carbocycles. The second-order valence-corrected chi connectivity index (χ2v) is 9.51. The van der Waals surface area contributed by atoms with Gasteiger partial charge in [-0.05, 0) is 37.0 Å². The van der Waals surface area contributed by atoms with E-state index in [2.05, 4.69) is 20.6 Å². The summed E-state index contributed by atoms with van der Waals surface area (Å²) in [6.07, 6.45) is 7.43. The summed E-state index contributed by atoms with van der Waals surface area (Å²) in [7, 11) is 3.23. The Morgan fingerprint density at radius 1 is 1.18 bits per heavy atom. The van der Waals surface area contributed by atoms with E-state index in [-0.39, 0.29) is 30.7 Å². The molecule has 2 bridgehead atoms. The van der Waals surface area contributed by atoms with Crippen LogP contribution in [0.25, 0.3) is 10.9 Å². The molecule has 0 spiro atoms. The number of alkyl halides is 1. The lowest BCUT2D eigenvalue weighted by molar-refractivity contribution is -0.123. The van der Waals surface area contributed by atoms with Crippen LogP contribution in [-0.2, 0) is 19.1 Å². The van der Waals surface area contributed by atoms with Crippen LogP contribution in [0, 0.1) is 5.92 Å². The van der Waals surface area contributed by atoms with E-state index in [9.17, 15) is 9.59 Å². The minimum absolute atomic E-state index is 0.0701. The normalized spacial score (nSPS) is 22.8. The average molecular weight is 542 g/mol. The van der Waals surface area contributed by atoms with Crippen molar-refractivity contribution < 1.29 is 23.8 Å². The standard InChI is InChI=1S/C27H32ClN5O5/c1-36-11-8-17-9-12-38-19-4-6-22-21(14-19)27(31-16-30-22)32-23-15-18(37-2)3-5-20(23)26(28)33-24(34)7-10-29-25(35)13-17/h4-6,14-17,26H,3,7-13H2,1-2H3,(H,29,35)(H,33,34)/b32-23-. The molecule has 2 amide bonds. The summed E-state index contributed by atoms with van der Waals surface area (Å²) in [6.45, 7) is 1.18. The van der Waals surface area contributed by atoms with Crippen molar-refractivity contribution in [3.63, 3.8) is 0 Å². The zero-order valence-corrected chi connectivity index (χ0v) is 22.3. The Hall–Kier alpha value is -3.50. The van der Waals surface area contributed by atoms with Gasteiger partial charge < -0.3 is 24.8 Å². The van der Waals surface area contributed by atoms with Crippen molar-refractivity contribution in [2.45, 2.75) is 37.6 Å². The number of methoxy groups -OCH3 is 2. The molecular weight excluding hydrogens is 510 g/mol. The molecule has 2 aromatic rings. The van der Waals surface area contributed by atoms with Gasteiger partial charge in [0.25, 0.3) is 0 Å². The van der Waals surface area contributed by atoms with Gasteiger partial charge in [0.05, 0.1) is 24.9 Å². The fourth-order valence-corrected chi connectivity index (χ4v) is 4.64. The first-order valence-electron chi connectivity index (χ1n) is 12.6. The van der Waals surface area contributed by atoms with E-state index < -0.39 is 5.50 Å². The summed E-state index contributed by atoms with van der Waals surface area (Å²) < 4.78 is 16.7. The number of rotatable bonds is 4. The molecule has 2 atom stereocenters. The Kier molecular flexibility index (Phi) is 9.67. The zero-order valence-electron chi connectivity index (χ0n) is 21.5. The monoisotopic (exact) mass is 541 g/mol. The van der Waals surface area contributed by atoms with E-state index >= 15 is 0 Å². The van der Waals surface area contributed by atoms with Crippen molar-refractivity contribution >= 4 is 45.8 Å². The van der Waals surface area contributed by atoms with Crippen LogP contribution in [0.5, 0.6) is 5.75 Å². The number of hydrogen-bond donors (Lipinski definition) is 2. The Morgan fingerprint density at radius 2 is 2.05 bits per heavy atom. The first-order valence-corrected chi connectivity index (χ1v) is 13.0. The van der Waals surface area contributed by atoms with Gasteiger partial charge in [-0.2, -0.15) is 0 Å². The van der Waals surface area contributed by atoms with Crippen molar-refractivity contribution in [2.24, 2.45) is 10.9 Å². The summed E-state index contributed by atoms with van der Waals surface area (Å²) in [5.74, 6) is 1.46. The van der Waals surface area contributed by atoms with Crippen LogP contribution in [0.2, 0.25) is 0 Å². The summed E-state index contributed by atoms with van der Waals surface area (Å²) in [5, 5.41) is 6.33. The summed E-state index contributed by atoms with van der Waals surface area (Å²) >= 11 is 6.64. The maximum absolute atomic E-state index is 12.6. The Morgan fingerprint density at radius 3 is 2.87 bits per heavy atom. The third-order valence-electron chi connectivity index (χ3n) is 6.43. The smallest absolute Gasteiger partial charge is 0.223 e. The molecule has 0 radical (unpaired) electrons. The van der Waals surface area contributed by atoms with Crippen LogP contribution >= 0.6 is 11.6 Å². The Labute approximate surface area is 226 Å². The van der Waals surface area contributed by atoms with Gasteiger partial charge in [-0.25, -0.2) is 15.0 Å². The van der Waals surface area contributed by atoms with Crippen molar-refractivity contribution in [3.8, 4) is 5.75 Å². The van der Waals surface area contributed by atoms with E-state index in [4.69, 9.17) is 30.8 Å². The zero-order chi connectivity index (χ0) is 26.9. The van der Waals surface area contributed by atoms with Crippen LogP contribution in [0.1, 0.15) is 32.1 Å². The van der Waals surface area contributed by atoms with Gasteiger partial charge in [-0.15, -0.1) is 0 Å². The molecule has 2 heterocycles. The molecule has 1 aliphatic carbocycles. The minimum Gasteiger partial charge on any atom is -0.501 e.